The van der Waals surface area contributed by atoms with E-state index in [0.717, 1.165) is 103 Å². The highest BCUT2D eigenvalue weighted by molar-refractivity contribution is 7.46. The third-order valence-electron chi connectivity index (χ3n) is 7.87. The topological polar surface area (TPSA) is 136 Å². The van der Waals surface area contributed by atoms with Crippen molar-refractivity contribution in [3.8, 4) is 0 Å². The Morgan fingerprint density at radius 1 is 0.566 bits per heavy atom. The van der Waals surface area contributed by atoms with Gasteiger partial charge in [0.2, 0.25) is 0 Å². The lowest BCUT2D eigenvalue weighted by Gasteiger charge is -2.18. The number of esters is 2. The van der Waals surface area contributed by atoms with Crippen LogP contribution in [0.4, 0.5) is 0 Å². The van der Waals surface area contributed by atoms with Crippen LogP contribution in [-0.4, -0.2) is 46.8 Å². The summed E-state index contributed by atoms with van der Waals surface area (Å²) in [5, 5.41) is 0. The Bertz CT molecular complexity index is 1190. The maximum absolute atomic E-state index is 12.4. The molecular weight excluding hydrogens is 691 g/mol. The summed E-state index contributed by atoms with van der Waals surface area (Å²) >= 11 is 0. The minimum Gasteiger partial charge on any atom is -0.462 e. The van der Waals surface area contributed by atoms with E-state index in [4.69, 9.17) is 19.3 Å². The molecule has 0 heterocycles. The van der Waals surface area contributed by atoms with Crippen molar-refractivity contribution < 1.29 is 42.7 Å². The summed E-state index contributed by atoms with van der Waals surface area (Å²) < 4.78 is 26.3. The number of phosphoric acid groups is 1. The van der Waals surface area contributed by atoms with Crippen molar-refractivity contribution in [1.82, 2.24) is 0 Å². The fourth-order valence-electron chi connectivity index (χ4n) is 4.91. The predicted octanol–water partition coefficient (Wildman–Crippen LogP) is 11.2. The number of ether oxygens (including phenoxy) is 2. The largest absolute Gasteiger partial charge is 0.469 e. The molecule has 0 saturated heterocycles. The molecule has 0 aliphatic carbocycles. The fourth-order valence-corrected chi connectivity index (χ4v) is 5.27. The zero-order chi connectivity index (χ0) is 39.1. The van der Waals surface area contributed by atoms with Crippen molar-refractivity contribution in [1.29, 1.82) is 0 Å². The first-order valence-electron chi connectivity index (χ1n) is 19.8. The third kappa shape index (κ3) is 39.9. The summed E-state index contributed by atoms with van der Waals surface area (Å²) in [4.78, 5) is 54.5. The highest BCUT2D eigenvalue weighted by atomic mass is 31.2. The first kappa shape index (κ1) is 49.9. The summed E-state index contributed by atoms with van der Waals surface area (Å²) in [5.74, 6) is -0.827. The van der Waals surface area contributed by atoms with Crippen LogP contribution in [0.2, 0.25) is 0 Å². The second-order valence-corrected chi connectivity index (χ2v) is 14.1. The van der Waals surface area contributed by atoms with Gasteiger partial charge in [-0.3, -0.25) is 18.9 Å². The second-order valence-electron chi connectivity index (χ2n) is 12.9. The Hall–Kier alpha value is -3.10. The van der Waals surface area contributed by atoms with Gasteiger partial charge in [-0.15, -0.1) is 0 Å². The van der Waals surface area contributed by atoms with Gasteiger partial charge in [-0.05, 0) is 83.1 Å². The van der Waals surface area contributed by atoms with Crippen LogP contribution in [0.5, 0.6) is 0 Å². The lowest BCUT2D eigenvalue weighted by molar-refractivity contribution is -0.161. The molecule has 0 unspecified atom stereocenters. The number of hydrogen-bond acceptors (Lipinski definition) is 7. The predicted molar refractivity (Wildman–Crippen MR) is 216 cm³/mol. The van der Waals surface area contributed by atoms with Gasteiger partial charge in [0.05, 0.1) is 6.61 Å². The number of rotatable bonds is 35. The smallest absolute Gasteiger partial charge is 0.462 e. The quantitative estimate of drug-likeness (QED) is 0.0161. The average molecular weight is 761 g/mol. The van der Waals surface area contributed by atoms with Crippen LogP contribution in [0.1, 0.15) is 149 Å². The number of hydrogen-bond donors (Lipinski definition) is 2. The first-order chi connectivity index (χ1) is 25.7. The van der Waals surface area contributed by atoms with Gasteiger partial charge in [-0.1, -0.05) is 131 Å². The molecule has 0 spiro atoms. The van der Waals surface area contributed by atoms with E-state index < -0.39 is 32.5 Å². The molecule has 0 amide bonds. The van der Waals surface area contributed by atoms with E-state index in [1.54, 1.807) is 12.2 Å². The molecule has 53 heavy (non-hydrogen) atoms. The highest BCUT2D eigenvalue weighted by Gasteiger charge is 2.22. The number of ketones is 1. The van der Waals surface area contributed by atoms with Crippen molar-refractivity contribution in [3.63, 3.8) is 0 Å². The van der Waals surface area contributed by atoms with Crippen LogP contribution >= 0.6 is 7.82 Å². The van der Waals surface area contributed by atoms with E-state index in [9.17, 15) is 18.9 Å². The fraction of sp³-hybridized carbons (Fsp3) is 0.605. The molecule has 1 atom stereocenters. The van der Waals surface area contributed by atoms with Crippen LogP contribution in [-0.2, 0) is 32.9 Å². The molecule has 2 N–H and O–H groups in total. The maximum atomic E-state index is 12.4. The zero-order valence-electron chi connectivity index (χ0n) is 32.6. The van der Waals surface area contributed by atoms with Gasteiger partial charge < -0.3 is 19.3 Å². The van der Waals surface area contributed by atoms with E-state index in [1.807, 2.05) is 6.08 Å². The molecule has 300 valence electrons. The molecule has 0 aromatic rings. The summed E-state index contributed by atoms with van der Waals surface area (Å²) in [5.41, 5.74) is 0. The molecule has 0 fully saturated rings. The van der Waals surface area contributed by atoms with Crippen molar-refractivity contribution in [2.24, 2.45) is 0 Å². The van der Waals surface area contributed by atoms with Crippen molar-refractivity contribution in [2.75, 3.05) is 13.2 Å². The van der Waals surface area contributed by atoms with Crippen molar-refractivity contribution in [3.05, 3.63) is 85.1 Å². The van der Waals surface area contributed by atoms with Gasteiger partial charge in [-0.2, -0.15) is 0 Å². The molecular formula is C43H69O9P. The number of allylic oxidation sites excluding steroid dienone is 14. The molecule has 0 aromatic heterocycles. The zero-order valence-corrected chi connectivity index (χ0v) is 33.5. The Labute approximate surface area is 320 Å². The van der Waals surface area contributed by atoms with Gasteiger partial charge >= 0.3 is 19.8 Å². The second kappa shape index (κ2) is 37.2. The minimum atomic E-state index is -4.79. The Morgan fingerprint density at radius 3 is 1.68 bits per heavy atom. The van der Waals surface area contributed by atoms with Crippen LogP contribution < -0.4 is 0 Å². The Kier molecular flexibility index (Phi) is 35.0. The molecule has 0 aliphatic rings. The molecule has 0 radical (unpaired) electrons. The summed E-state index contributed by atoms with van der Waals surface area (Å²) in [6.45, 7) is 3.34. The lowest BCUT2D eigenvalue weighted by Crippen LogP contribution is -2.29. The Balaban J connectivity index is 4.10. The van der Waals surface area contributed by atoms with Crippen LogP contribution in [0.15, 0.2) is 85.1 Å². The van der Waals surface area contributed by atoms with Gasteiger partial charge in [0.1, 0.15) is 6.61 Å². The number of carbonyl (C=O) groups is 3. The third-order valence-corrected chi connectivity index (χ3v) is 8.36. The van der Waals surface area contributed by atoms with Crippen LogP contribution in [0.25, 0.3) is 0 Å². The van der Waals surface area contributed by atoms with Crippen molar-refractivity contribution >= 4 is 25.5 Å². The molecule has 0 aromatic carbocycles. The van der Waals surface area contributed by atoms with E-state index in [-0.39, 0.29) is 25.2 Å². The van der Waals surface area contributed by atoms with Crippen LogP contribution in [0.3, 0.4) is 0 Å². The number of unbranched alkanes of at least 4 members (excludes halogenated alkanes) is 10. The Morgan fingerprint density at radius 2 is 1.08 bits per heavy atom. The minimum absolute atomic E-state index is 0.148. The lowest BCUT2D eigenvalue weighted by atomic mass is 10.1. The van der Waals surface area contributed by atoms with E-state index >= 15 is 0 Å². The molecule has 10 heteroatoms. The average Bonchev–Trinajstić information content (AvgIpc) is 3.12. The normalized spacial score (nSPS) is 13.3. The van der Waals surface area contributed by atoms with Crippen molar-refractivity contribution in [2.45, 2.75) is 155 Å². The van der Waals surface area contributed by atoms with Gasteiger partial charge in [0.15, 0.2) is 11.9 Å². The highest BCUT2D eigenvalue weighted by Crippen LogP contribution is 2.36. The molecule has 0 saturated carbocycles. The van der Waals surface area contributed by atoms with Gasteiger partial charge in [0.25, 0.3) is 0 Å². The number of phosphoric ester groups is 1. The standard InChI is InChI=1S/C43H69O9P/c1-3-5-7-8-9-10-11-12-13-14-15-16-17-18-19-22-25-28-32-36-42(45)50-38-41(39-51-53(47,48)49)52-43(46)37-33-29-26-23-20-21-24-27-31-35-40(44)34-30-6-4-2/h5,7,9-10,12-13,15-16,18-19,24,27,31,35,41H,3-4,6,8,11,14,17,20-23,25-26,28-30,32-34,36-39H2,1-2H3,(H2,47,48,49)/b7-5-,10-9-,13-12-,16-15-,19-18-,27-24-,35-31+/t41-/m1/s1. The molecule has 0 rings (SSSR count). The molecule has 0 bridgehead atoms. The summed E-state index contributed by atoms with van der Waals surface area (Å²) in [7, 11) is -4.79. The van der Waals surface area contributed by atoms with Gasteiger partial charge in [-0.25, -0.2) is 4.57 Å². The summed E-state index contributed by atoms with van der Waals surface area (Å²) in [6, 6.07) is 0. The van der Waals surface area contributed by atoms with E-state index in [1.165, 1.54) is 0 Å². The molecule has 9 nitrogen and oxygen atoms in total. The SMILES string of the molecule is CC/C=C\C/C=C\C/C=C\C/C=C\C/C=C\CCCCCC(=O)OC[C@H](COP(=O)(O)O)OC(=O)CCCCCCC/C=C\C=C\C(=O)CCCCC. The van der Waals surface area contributed by atoms with Crippen LogP contribution in [0, 0.1) is 0 Å². The first-order valence-corrected chi connectivity index (χ1v) is 21.4. The maximum Gasteiger partial charge on any atom is 0.469 e. The van der Waals surface area contributed by atoms with E-state index in [2.05, 4.69) is 85.2 Å². The number of carbonyl (C=O) groups excluding carboxylic acids is 3. The van der Waals surface area contributed by atoms with E-state index in [0.29, 0.717) is 19.3 Å². The molecule has 0 aliphatic heterocycles. The summed E-state index contributed by atoms with van der Waals surface area (Å²) in [6.07, 6.45) is 45.7. The van der Waals surface area contributed by atoms with Gasteiger partial charge in [0, 0.05) is 19.3 Å². The monoisotopic (exact) mass is 760 g/mol.